The maximum atomic E-state index is 12.4. The van der Waals surface area contributed by atoms with Crippen molar-refractivity contribution in [3.8, 4) is 0 Å². The second-order valence-electron chi connectivity index (χ2n) is 6.11. The first-order valence-electron chi connectivity index (χ1n) is 7.92. The maximum Gasteiger partial charge on any atom is 0.255 e. The fourth-order valence-electron chi connectivity index (χ4n) is 2.82. The van der Waals surface area contributed by atoms with E-state index in [9.17, 15) is 9.59 Å². The van der Waals surface area contributed by atoms with Crippen molar-refractivity contribution in [2.75, 3.05) is 33.9 Å². The minimum absolute atomic E-state index is 0.0878. The Morgan fingerprint density at radius 3 is 2.80 bits per heavy atom. The zero-order chi connectivity index (χ0) is 18.0. The van der Waals surface area contributed by atoms with Gasteiger partial charge in [-0.2, -0.15) is 5.10 Å². The lowest BCUT2D eigenvalue weighted by molar-refractivity contribution is -0.168. The Morgan fingerprint density at radius 1 is 1.36 bits per heavy atom. The van der Waals surface area contributed by atoms with Crippen molar-refractivity contribution in [2.45, 2.75) is 18.6 Å². The van der Waals surface area contributed by atoms with E-state index in [0.29, 0.717) is 30.7 Å². The molecule has 0 aromatic carbocycles. The summed E-state index contributed by atoms with van der Waals surface area (Å²) in [5, 5.41) is 6.98. The Labute approximate surface area is 144 Å². The Balaban J connectivity index is 1.61. The van der Waals surface area contributed by atoms with Gasteiger partial charge in [0, 0.05) is 26.6 Å². The first kappa shape index (κ1) is 17.3. The highest BCUT2D eigenvalue weighted by Gasteiger charge is 2.46. The van der Waals surface area contributed by atoms with E-state index in [1.165, 1.54) is 13.3 Å². The molecule has 0 aliphatic carbocycles. The topological polar surface area (TPSA) is 98.1 Å². The molecule has 25 heavy (non-hydrogen) atoms. The number of nitrogens with zero attached hydrogens (tertiary/aromatic N) is 4. The second kappa shape index (κ2) is 6.77. The van der Waals surface area contributed by atoms with Crippen LogP contribution in [0.25, 0.3) is 5.52 Å². The molecule has 9 nitrogen and oxygen atoms in total. The lowest BCUT2D eigenvalue weighted by Crippen LogP contribution is -2.69. The van der Waals surface area contributed by atoms with Crippen LogP contribution in [-0.4, -0.2) is 76.9 Å². The quantitative estimate of drug-likeness (QED) is 0.772. The number of carbonyl (C=O) groups excluding carboxylic acids is 2. The Kier molecular flexibility index (Phi) is 4.69. The van der Waals surface area contributed by atoms with Crippen molar-refractivity contribution in [1.29, 1.82) is 0 Å². The van der Waals surface area contributed by atoms with Gasteiger partial charge in [0.25, 0.3) is 11.8 Å². The zero-order valence-corrected chi connectivity index (χ0v) is 14.4. The van der Waals surface area contributed by atoms with Gasteiger partial charge in [-0.3, -0.25) is 14.6 Å². The summed E-state index contributed by atoms with van der Waals surface area (Å²) in [5.41, 5.74) is 0.491. The van der Waals surface area contributed by atoms with Gasteiger partial charge in [0.15, 0.2) is 0 Å². The highest BCUT2D eigenvalue weighted by atomic mass is 16.5. The van der Waals surface area contributed by atoms with Crippen LogP contribution in [0.5, 0.6) is 0 Å². The first-order chi connectivity index (χ1) is 12.0. The number of carbonyl (C=O) groups is 2. The Morgan fingerprint density at radius 2 is 2.12 bits per heavy atom. The van der Waals surface area contributed by atoms with Crippen molar-refractivity contribution < 1.29 is 19.1 Å². The third-order valence-electron chi connectivity index (χ3n) is 4.54. The third-order valence-corrected chi connectivity index (χ3v) is 4.54. The second-order valence-corrected chi connectivity index (χ2v) is 6.11. The monoisotopic (exact) mass is 347 g/mol. The molecule has 134 valence electrons. The first-order valence-corrected chi connectivity index (χ1v) is 7.92. The molecule has 9 heteroatoms. The minimum atomic E-state index is -0.583. The minimum Gasteiger partial charge on any atom is -0.373 e. The van der Waals surface area contributed by atoms with E-state index < -0.39 is 11.7 Å². The van der Waals surface area contributed by atoms with Gasteiger partial charge >= 0.3 is 0 Å². The molecule has 2 aromatic heterocycles. The zero-order valence-electron chi connectivity index (χ0n) is 14.4. The van der Waals surface area contributed by atoms with E-state index in [-0.39, 0.29) is 11.8 Å². The molecule has 0 radical (unpaired) electrons. The van der Waals surface area contributed by atoms with E-state index in [0.717, 1.165) is 0 Å². The van der Waals surface area contributed by atoms with Gasteiger partial charge in [0.1, 0.15) is 11.7 Å². The molecule has 1 aliphatic rings. The Bertz CT molecular complexity index is 784. The van der Waals surface area contributed by atoms with Crippen molar-refractivity contribution >= 4 is 17.3 Å². The van der Waals surface area contributed by atoms with Crippen LogP contribution in [0.2, 0.25) is 0 Å². The number of rotatable bonds is 6. The SMILES string of the molecule is CO[C@H](C)C(=O)N1CC(CNC(=O)c2cnn3ccncc23)(OC)C1. The molecule has 1 aliphatic heterocycles. The van der Waals surface area contributed by atoms with Gasteiger partial charge in [-0.1, -0.05) is 0 Å². The lowest BCUT2D eigenvalue weighted by atomic mass is 9.93. The number of hydrogen-bond donors (Lipinski definition) is 1. The molecule has 3 rings (SSSR count). The predicted molar refractivity (Wildman–Crippen MR) is 88.1 cm³/mol. The molecule has 0 spiro atoms. The number of aromatic nitrogens is 3. The standard InChI is InChI=1S/C16H21N5O4/c1-11(24-2)15(23)20-9-16(10-20,25-3)8-18-14(22)12-6-19-21-5-4-17-7-13(12)21/h4-7,11H,8-10H2,1-3H3,(H,18,22)/t11-/m1/s1. The van der Waals surface area contributed by atoms with E-state index in [1.807, 2.05) is 0 Å². The number of hydrogen-bond acceptors (Lipinski definition) is 6. The van der Waals surface area contributed by atoms with E-state index in [2.05, 4.69) is 15.4 Å². The number of likely N-dealkylation sites (tertiary alicyclic amines) is 1. The van der Waals surface area contributed by atoms with Gasteiger partial charge < -0.3 is 19.7 Å². The summed E-state index contributed by atoms with van der Waals surface area (Å²) in [6.45, 7) is 2.82. The average Bonchev–Trinajstić information content (AvgIpc) is 3.04. The van der Waals surface area contributed by atoms with Gasteiger partial charge in [0.05, 0.1) is 43.1 Å². The van der Waals surface area contributed by atoms with E-state index in [1.54, 1.807) is 42.0 Å². The summed E-state index contributed by atoms with van der Waals surface area (Å²) in [6.07, 6.45) is 5.88. The molecule has 0 saturated carbocycles. The van der Waals surface area contributed by atoms with Gasteiger partial charge in [-0.15, -0.1) is 0 Å². The van der Waals surface area contributed by atoms with Crippen molar-refractivity contribution in [3.63, 3.8) is 0 Å². The van der Waals surface area contributed by atoms with Gasteiger partial charge in [0.2, 0.25) is 0 Å². The summed E-state index contributed by atoms with van der Waals surface area (Å²) in [7, 11) is 3.07. The summed E-state index contributed by atoms with van der Waals surface area (Å²) in [6, 6.07) is 0. The third kappa shape index (κ3) is 3.20. The number of nitrogens with one attached hydrogen (secondary N) is 1. The van der Waals surface area contributed by atoms with Crippen molar-refractivity contribution in [3.05, 3.63) is 30.4 Å². The van der Waals surface area contributed by atoms with E-state index in [4.69, 9.17) is 9.47 Å². The summed E-state index contributed by atoms with van der Waals surface area (Å²) in [5.74, 6) is -0.343. The molecule has 2 amide bonds. The number of methoxy groups -OCH3 is 2. The fraction of sp³-hybridized carbons (Fsp3) is 0.500. The van der Waals surface area contributed by atoms with Crippen LogP contribution in [0.4, 0.5) is 0 Å². The number of fused-ring (bicyclic) bond motifs is 1. The molecule has 1 saturated heterocycles. The van der Waals surface area contributed by atoms with Crippen molar-refractivity contribution in [1.82, 2.24) is 24.8 Å². The molecule has 1 fully saturated rings. The van der Waals surface area contributed by atoms with Crippen molar-refractivity contribution in [2.24, 2.45) is 0 Å². The predicted octanol–water partition coefficient (Wildman–Crippen LogP) is -0.279. The van der Waals surface area contributed by atoms with Crippen LogP contribution >= 0.6 is 0 Å². The van der Waals surface area contributed by atoms with Crippen LogP contribution in [0.1, 0.15) is 17.3 Å². The molecule has 3 heterocycles. The average molecular weight is 347 g/mol. The summed E-state index contributed by atoms with van der Waals surface area (Å²) in [4.78, 5) is 30.2. The summed E-state index contributed by atoms with van der Waals surface area (Å²) < 4.78 is 12.2. The van der Waals surface area contributed by atoms with Crippen LogP contribution in [0.3, 0.4) is 0 Å². The largest absolute Gasteiger partial charge is 0.373 e. The highest BCUT2D eigenvalue weighted by molar-refractivity contribution is 6.00. The normalized spacial score (nSPS) is 17.2. The molecular formula is C16H21N5O4. The molecule has 1 atom stereocenters. The van der Waals surface area contributed by atoms with Crippen LogP contribution in [-0.2, 0) is 14.3 Å². The van der Waals surface area contributed by atoms with Gasteiger partial charge in [-0.05, 0) is 6.92 Å². The lowest BCUT2D eigenvalue weighted by Gasteiger charge is -2.49. The molecule has 0 bridgehead atoms. The fourth-order valence-corrected chi connectivity index (χ4v) is 2.82. The molecule has 2 aromatic rings. The molecule has 1 N–H and O–H groups in total. The molecular weight excluding hydrogens is 326 g/mol. The van der Waals surface area contributed by atoms with Crippen LogP contribution < -0.4 is 5.32 Å². The summed E-state index contributed by atoms with van der Waals surface area (Å²) >= 11 is 0. The molecule has 0 unspecified atom stereocenters. The van der Waals surface area contributed by atoms with E-state index >= 15 is 0 Å². The number of ether oxygens (including phenoxy) is 2. The highest BCUT2D eigenvalue weighted by Crippen LogP contribution is 2.25. The van der Waals surface area contributed by atoms with Crippen LogP contribution in [0.15, 0.2) is 24.8 Å². The smallest absolute Gasteiger partial charge is 0.255 e. The maximum absolute atomic E-state index is 12.4. The van der Waals surface area contributed by atoms with Crippen LogP contribution in [0, 0.1) is 0 Å². The van der Waals surface area contributed by atoms with Gasteiger partial charge in [-0.25, -0.2) is 4.52 Å². The number of amides is 2. The Hall–Kier alpha value is -2.52.